The fourth-order valence-corrected chi connectivity index (χ4v) is 1.37. The lowest BCUT2D eigenvalue weighted by Crippen LogP contribution is -2.15. The first-order valence-corrected chi connectivity index (χ1v) is 5.08. The predicted molar refractivity (Wildman–Crippen MR) is 52.6 cm³/mol. The molecule has 0 amide bonds. The van der Waals surface area contributed by atoms with Crippen LogP contribution in [0.15, 0.2) is 17.3 Å². The van der Waals surface area contributed by atoms with Crippen LogP contribution in [-0.2, 0) is 5.41 Å². The first kappa shape index (κ1) is 12.3. The molecule has 6 heteroatoms. The van der Waals surface area contributed by atoms with Gasteiger partial charge < -0.3 is 0 Å². The zero-order valence-corrected chi connectivity index (χ0v) is 9.41. The largest absolute Gasteiger partial charge is 0.446 e. The molecule has 0 N–H and O–H groups in total. The third-order valence-corrected chi connectivity index (χ3v) is 2.21. The third-order valence-electron chi connectivity index (χ3n) is 1.53. The van der Waals surface area contributed by atoms with Gasteiger partial charge in [0, 0.05) is 17.8 Å². The molecule has 0 fully saturated rings. The average Bonchev–Trinajstić information content (AvgIpc) is 2.00. The van der Waals surface area contributed by atoms with E-state index in [1.54, 1.807) is 0 Å². The summed E-state index contributed by atoms with van der Waals surface area (Å²) < 4.78 is 35.9. The van der Waals surface area contributed by atoms with Crippen LogP contribution in [0.4, 0.5) is 13.2 Å². The molecule has 0 aliphatic heterocycles. The SMILES string of the molecule is CC(C)(C)c1ncc(SC(F)(F)F)cn1. The Morgan fingerprint density at radius 1 is 1.07 bits per heavy atom. The van der Waals surface area contributed by atoms with E-state index in [1.807, 2.05) is 20.8 Å². The molecule has 0 atom stereocenters. The van der Waals surface area contributed by atoms with Crippen molar-refractivity contribution in [3.63, 3.8) is 0 Å². The van der Waals surface area contributed by atoms with E-state index in [2.05, 4.69) is 9.97 Å². The van der Waals surface area contributed by atoms with Crippen molar-refractivity contribution in [1.29, 1.82) is 0 Å². The predicted octanol–water partition coefficient (Wildman–Crippen LogP) is 3.39. The Morgan fingerprint density at radius 2 is 1.53 bits per heavy atom. The molecular weight excluding hydrogens is 225 g/mol. The average molecular weight is 236 g/mol. The Balaban J connectivity index is 2.82. The van der Waals surface area contributed by atoms with Crippen LogP contribution in [-0.4, -0.2) is 15.5 Å². The summed E-state index contributed by atoms with van der Waals surface area (Å²) in [5, 5.41) is 0. The van der Waals surface area contributed by atoms with Crippen LogP contribution in [0.25, 0.3) is 0 Å². The quantitative estimate of drug-likeness (QED) is 0.699. The van der Waals surface area contributed by atoms with E-state index in [-0.39, 0.29) is 22.1 Å². The second-order valence-electron chi connectivity index (χ2n) is 4.04. The molecule has 1 heterocycles. The molecule has 1 rings (SSSR count). The standard InChI is InChI=1S/C9H11F3N2S/c1-8(2,3)7-13-4-6(5-14-7)15-9(10,11)12/h4-5H,1-3H3. The molecule has 0 aromatic carbocycles. The molecule has 1 aromatic heterocycles. The summed E-state index contributed by atoms with van der Waals surface area (Å²) >= 11 is -0.205. The molecule has 0 saturated heterocycles. The Bertz CT molecular complexity index is 327. The van der Waals surface area contributed by atoms with Crippen LogP contribution in [0.5, 0.6) is 0 Å². The molecule has 0 bridgehead atoms. The van der Waals surface area contributed by atoms with Gasteiger partial charge in [0.25, 0.3) is 0 Å². The van der Waals surface area contributed by atoms with Crippen molar-refractivity contribution >= 4 is 11.8 Å². The van der Waals surface area contributed by atoms with Crippen molar-refractivity contribution in [3.8, 4) is 0 Å². The molecule has 15 heavy (non-hydrogen) atoms. The Kier molecular flexibility index (Phi) is 3.28. The van der Waals surface area contributed by atoms with Gasteiger partial charge in [-0.1, -0.05) is 20.8 Å². The lowest BCUT2D eigenvalue weighted by Gasteiger charge is -2.16. The smallest absolute Gasteiger partial charge is 0.240 e. The van der Waals surface area contributed by atoms with Gasteiger partial charge in [0.05, 0.1) is 4.90 Å². The van der Waals surface area contributed by atoms with E-state index in [4.69, 9.17) is 0 Å². The van der Waals surface area contributed by atoms with Gasteiger partial charge in [-0.2, -0.15) is 13.2 Å². The number of thioether (sulfide) groups is 1. The molecule has 0 aliphatic carbocycles. The van der Waals surface area contributed by atoms with Crippen LogP contribution in [0, 0.1) is 0 Å². The Morgan fingerprint density at radius 3 is 1.87 bits per heavy atom. The van der Waals surface area contributed by atoms with Crippen LogP contribution in [0.2, 0.25) is 0 Å². The van der Waals surface area contributed by atoms with Gasteiger partial charge >= 0.3 is 5.51 Å². The van der Waals surface area contributed by atoms with Crippen molar-refractivity contribution in [3.05, 3.63) is 18.2 Å². The van der Waals surface area contributed by atoms with E-state index in [0.717, 1.165) is 0 Å². The second-order valence-corrected chi connectivity index (χ2v) is 5.18. The Hall–Kier alpha value is -0.780. The number of hydrogen-bond donors (Lipinski definition) is 0. The maximum absolute atomic E-state index is 12.0. The van der Waals surface area contributed by atoms with E-state index in [1.165, 1.54) is 12.4 Å². The summed E-state index contributed by atoms with van der Waals surface area (Å²) in [6, 6.07) is 0. The van der Waals surface area contributed by atoms with Gasteiger partial charge in [0.2, 0.25) is 0 Å². The zero-order valence-electron chi connectivity index (χ0n) is 8.59. The van der Waals surface area contributed by atoms with Crippen molar-refractivity contribution in [2.45, 2.75) is 36.6 Å². The first-order chi connectivity index (χ1) is 6.68. The molecule has 2 nitrogen and oxygen atoms in total. The van der Waals surface area contributed by atoms with Gasteiger partial charge in [0.15, 0.2) is 0 Å². The zero-order chi connectivity index (χ0) is 11.7. The molecule has 0 unspecified atom stereocenters. The highest BCUT2D eigenvalue weighted by molar-refractivity contribution is 8.00. The molecule has 0 aliphatic rings. The maximum Gasteiger partial charge on any atom is 0.446 e. The minimum atomic E-state index is -4.29. The summed E-state index contributed by atoms with van der Waals surface area (Å²) in [5.74, 6) is 0.536. The molecular formula is C9H11F3N2S. The number of rotatable bonds is 1. The lowest BCUT2D eigenvalue weighted by atomic mass is 9.96. The third kappa shape index (κ3) is 4.07. The summed E-state index contributed by atoms with van der Waals surface area (Å²) in [6.07, 6.45) is 2.40. The molecule has 0 spiro atoms. The van der Waals surface area contributed by atoms with Crippen LogP contribution < -0.4 is 0 Å². The highest BCUT2D eigenvalue weighted by Crippen LogP contribution is 2.36. The molecule has 0 saturated carbocycles. The number of halogens is 3. The van der Waals surface area contributed by atoms with E-state index < -0.39 is 5.51 Å². The maximum atomic E-state index is 12.0. The highest BCUT2D eigenvalue weighted by Gasteiger charge is 2.29. The van der Waals surface area contributed by atoms with Crippen LogP contribution in [0.3, 0.4) is 0 Å². The van der Waals surface area contributed by atoms with Gasteiger partial charge in [-0.15, -0.1) is 0 Å². The topological polar surface area (TPSA) is 25.8 Å². The minimum Gasteiger partial charge on any atom is -0.240 e. The number of alkyl halides is 3. The van der Waals surface area contributed by atoms with Gasteiger partial charge in [-0.3, -0.25) is 0 Å². The fraction of sp³-hybridized carbons (Fsp3) is 0.556. The monoisotopic (exact) mass is 236 g/mol. The first-order valence-electron chi connectivity index (χ1n) is 4.27. The second kappa shape index (κ2) is 4.00. The summed E-state index contributed by atoms with van der Waals surface area (Å²) in [7, 11) is 0. The van der Waals surface area contributed by atoms with E-state index in [0.29, 0.717) is 5.82 Å². The summed E-state index contributed by atoms with van der Waals surface area (Å²) in [6.45, 7) is 5.71. The highest BCUT2D eigenvalue weighted by atomic mass is 32.2. The van der Waals surface area contributed by atoms with Crippen molar-refractivity contribution < 1.29 is 13.2 Å². The molecule has 84 valence electrons. The van der Waals surface area contributed by atoms with Crippen molar-refractivity contribution in [1.82, 2.24) is 9.97 Å². The van der Waals surface area contributed by atoms with Gasteiger partial charge in [0.1, 0.15) is 5.82 Å². The van der Waals surface area contributed by atoms with Gasteiger partial charge in [-0.25, -0.2) is 9.97 Å². The molecule has 1 aromatic rings. The van der Waals surface area contributed by atoms with E-state index in [9.17, 15) is 13.2 Å². The van der Waals surface area contributed by atoms with Crippen LogP contribution >= 0.6 is 11.8 Å². The van der Waals surface area contributed by atoms with E-state index >= 15 is 0 Å². The van der Waals surface area contributed by atoms with Crippen molar-refractivity contribution in [2.75, 3.05) is 0 Å². The van der Waals surface area contributed by atoms with Crippen molar-refractivity contribution in [2.24, 2.45) is 0 Å². The number of nitrogens with zero attached hydrogens (tertiary/aromatic N) is 2. The summed E-state index contributed by atoms with van der Waals surface area (Å²) in [5.41, 5.74) is -4.53. The Labute approximate surface area is 90.3 Å². The lowest BCUT2D eigenvalue weighted by molar-refractivity contribution is -0.0328. The van der Waals surface area contributed by atoms with Gasteiger partial charge in [-0.05, 0) is 11.8 Å². The number of aromatic nitrogens is 2. The normalized spacial score (nSPS) is 12.9. The summed E-state index contributed by atoms with van der Waals surface area (Å²) in [4.78, 5) is 7.81. The fourth-order valence-electron chi connectivity index (χ4n) is 0.890. The van der Waals surface area contributed by atoms with Crippen LogP contribution in [0.1, 0.15) is 26.6 Å². The molecule has 0 radical (unpaired) electrons. The minimum absolute atomic E-state index is 0.00972. The number of hydrogen-bond acceptors (Lipinski definition) is 3.